The van der Waals surface area contributed by atoms with Gasteiger partial charge in [0.2, 0.25) is 5.89 Å². The van der Waals surface area contributed by atoms with Crippen LogP contribution >= 0.6 is 11.6 Å². The maximum absolute atomic E-state index is 13.5. The fraction of sp³-hybridized carbons (Fsp3) is 0.250. The van der Waals surface area contributed by atoms with E-state index in [4.69, 9.17) is 30.9 Å². The lowest BCUT2D eigenvalue weighted by Gasteiger charge is -2.18. The van der Waals surface area contributed by atoms with E-state index in [2.05, 4.69) is 15.6 Å². The number of amides is 1. The number of ether oxygens (including phenoxy) is 2. The molecule has 4 rings (SSSR count). The van der Waals surface area contributed by atoms with Gasteiger partial charge in [0.25, 0.3) is 5.91 Å². The molecule has 0 saturated carbocycles. The van der Waals surface area contributed by atoms with Crippen molar-refractivity contribution in [3.63, 3.8) is 0 Å². The number of nitrogens with zero attached hydrogens (tertiary/aromatic N) is 1. The number of nitrogens with one attached hydrogen (secondary N) is 3. The van der Waals surface area contributed by atoms with E-state index in [1.54, 1.807) is 37.6 Å². The van der Waals surface area contributed by atoms with E-state index in [0.29, 0.717) is 53.1 Å². The van der Waals surface area contributed by atoms with Crippen molar-refractivity contribution in [1.82, 2.24) is 15.6 Å². The number of aromatic nitrogens is 1. The van der Waals surface area contributed by atoms with Crippen molar-refractivity contribution in [2.24, 2.45) is 0 Å². The van der Waals surface area contributed by atoms with Gasteiger partial charge in [-0.3, -0.25) is 10.2 Å². The molecule has 1 amide bonds. The number of hydrogen-bond donors (Lipinski definition) is 3. The lowest BCUT2D eigenvalue weighted by Crippen LogP contribution is -2.31. The van der Waals surface area contributed by atoms with Crippen LogP contribution in [0.25, 0.3) is 22.1 Å². The number of benzene rings is 3. The highest BCUT2D eigenvalue weighted by Gasteiger charge is 2.23. The molecule has 4 aromatic rings. The van der Waals surface area contributed by atoms with Gasteiger partial charge in [0.1, 0.15) is 30.1 Å². The molecule has 3 N–H and O–H groups in total. The Bertz CT molecular complexity index is 1440. The third-order valence-corrected chi connectivity index (χ3v) is 6.24. The van der Waals surface area contributed by atoms with Crippen molar-refractivity contribution < 1.29 is 23.1 Å². The lowest BCUT2D eigenvalue weighted by molar-refractivity contribution is 0.0924. The Labute approximate surface area is 224 Å². The summed E-state index contributed by atoms with van der Waals surface area (Å²) in [5, 5.41) is 15.4. The molecule has 10 heteroatoms. The van der Waals surface area contributed by atoms with Crippen molar-refractivity contribution in [3.8, 4) is 22.8 Å². The minimum atomic E-state index is -0.866. The minimum Gasteiger partial charge on any atom is -0.496 e. The number of methoxy groups -OCH3 is 2. The van der Waals surface area contributed by atoms with Crippen LogP contribution in [-0.4, -0.2) is 44.2 Å². The van der Waals surface area contributed by atoms with Gasteiger partial charge in [0, 0.05) is 22.5 Å². The molecule has 0 aliphatic rings. The van der Waals surface area contributed by atoms with E-state index in [-0.39, 0.29) is 11.7 Å². The summed E-state index contributed by atoms with van der Waals surface area (Å²) < 4.78 is 29.6. The summed E-state index contributed by atoms with van der Waals surface area (Å²) in [5.74, 6) is 1.32. The summed E-state index contributed by atoms with van der Waals surface area (Å²) in [7, 11) is 3.09. The topological polar surface area (TPSA) is 109 Å². The van der Waals surface area contributed by atoms with Crippen LogP contribution in [0.15, 0.2) is 65.2 Å². The Morgan fingerprint density at radius 1 is 1.13 bits per heavy atom. The molecule has 1 heterocycles. The molecular weight excluding hydrogens is 511 g/mol. The van der Waals surface area contributed by atoms with Crippen LogP contribution in [0.4, 0.5) is 4.39 Å². The van der Waals surface area contributed by atoms with Gasteiger partial charge in [-0.2, -0.15) is 0 Å². The first-order chi connectivity index (χ1) is 18.4. The zero-order valence-corrected chi connectivity index (χ0v) is 21.8. The predicted octanol–water partition coefficient (Wildman–Crippen LogP) is 5.95. The average molecular weight is 539 g/mol. The molecule has 0 bridgehead atoms. The summed E-state index contributed by atoms with van der Waals surface area (Å²) in [6, 6.07) is 15.7. The maximum Gasteiger partial charge on any atom is 0.255 e. The molecule has 1 atom stereocenters. The number of oxazole rings is 1. The van der Waals surface area contributed by atoms with Gasteiger partial charge in [-0.1, -0.05) is 35.9 Å². The Morgan fingerprint density at radius 2 is 1.92 bits per heavy atom. The Morgan fingerprint density at radius 3 is 2.66 bits per heavy atom. The summed E-state index contributed by atoms with van der Waals surface area (Å²) in [4.78, 5) is 17.9. The quantitative estimate of drug-likeness (QED) is 0.124. The molecule has 1 unspecified atom stereocenters. The molecule has 0 aliphatic heterocycles. The second-order valence-electron chi connectivity index (χ2n) is 8.51. The van der Waals surface area contributed by atoms with Crippen molar-refractivity contribution in [2.45, 2.75) is 18.9 Å². The molecular formula is C28H28ClFN4O4. The zero-order valence-electron chi connectivity index (χ0n) is 21.0. The molecule has 3 aromatic carbocycles. The fourth-order valence-corrected chi connectivity index (χ4v) is 4.30. The monoisotopic (exact) mass is 538 g/mol. The van der Waals surface area contributed by atoms with E-state index in [9.17, 15) is 9.18 Å². The third-order valence-electron chi connectivity index (χ3n) is 6.00. The van der Waals surface area contributed by atoms with Gasteiger partial charge >= 0.3 is 0 Å². The van der Waals surface area contributed by atoms with Crippen molar-refractivity contribution in [3.05, 3.63) is 77.3 Å². The summed E-state index contributed by atoms with van der Waals surface area (Å²) in [5.41, 5.74) is 1.10. The Balaban J connectivity index is 1.61. The fourth-order valence-electron chi connectivity index (χ4n) is 4.11. The summed E-state index contributed by atoms with van der Waals surface area (Å²) >= 11 is 6.12. The minimum absolute atomic E-state index is 0.193. The summed E-state index contributed by atoms with van der Waals surface area (Å²) in [6.07, 6.45) is 2.53. The summed E-state index contributed by atoms with van der Waals surface area (Å²) in [6.45, 7) is -0.508. The predicted molar refractivity (Wildman–Crippen MR) is 145 cm³/mol. The SMILES string of the molecule is COc1cc2c(OC)cccc2cc1C(=O)NC(CCCNC(=N)CF)c1ncc(-c2cccc(Cl)c2)o1. The van der Waals surface area contributed by atoms with Crippen LogP contribution in [-0.2, 0) is 0 Å². The highest BCUT2D eigenvalue weighted by Crippen LogP contribution is 2.33. The number of carbonyl (C=O) groups is 1. The van der Waals surface area contributed by atoms with Crippen LogP contribution in [0.3, 0.4) is 0 Å². The number of amidine groups is 1. The number of fused-ring (bicyclic) bond motifs is 1. The van der Waals surface area contributed by atoms with Gasteiger partial charge in [0.05, 0.1) is 26.0 Å². The number of rotatable bonds is 11. The van der Waals surface area contributed by atoms with Gasteiger partial charge in [-0.05, 0) is 48.6 Å². The number of halogens is 2. The van der Waals surface area contributed by atoms with Crippen molar-refractivity contribution in [1.29, 1.82) is 5.41 Å². The number of hydrogen-bond acceptors (Lipinski definition) is 6. The molecule has 1 aromatic heterocycles. The van der Waals surface area contributed by atoms with Crippen LogP contribution < -0.4 is 20.1 Å². The Kier molecular flexibility index (Phi) is 8.81. The van der Waals surface area contributed by atoms with Gasteiger partial charge in [0.15, 0.2) is 5.76 Å². The van der Waals surface area contributed by atoms with E-state index in [1.165, 1.54) is 7.11 Å². The molecule has 0 fully saturated rings. The smallest absolute Gasteiger partial charge is 0.255 e. The van der Waals surface area contributed by atoms with Crippen molar-refractivity contribution >= 4 is 34.1 Å². The van der Waals surface area contributed by atoms with Crippen LogP contribution in [0.2, 0.25) is 5.02 Å². The van der Waals surface area contributed by atoms with Gasteiger partial charge in [-0.15, -0.1) is 0 Å². The first-order valence-electron chi connectivity index (χ1n) is 12.0. The second-order valence-corrected chi connectivity index (χ2v) is 8.95. The molecule has 0 radical (unpaired) electrons. The first kappa shape index (κ1) is 26.9. The maximum atomic E-state index is 13.5. The standard InChI is InChI=1S/C28H28ClFN4O4/c1-36-23-10-4-6-17-13-21(24(37-2)14-20(17)23)27(35)34-22(9-5-11-32-26(31)15-30)28-33-16-25(38-28)18-7-3-8-19(29)12-18/h3-4,6-8,10,12-14,16,22H,5,9,11,15H2,1-2H3,(H2,31,32)(H,34,35). The van der Waals surface area contributed by atoms with Crippen LogP contribution in [0.5, 0.6) is 11.5 Å². The number of carbonyl (C=O) groups excluding carboxylic acids is 1. The Hall–Kier alpha value is -4.11. The van der Waals surface area contributed by atoms with Crippen LogP contribution in [0, 0.1) is 5.41 Å². The van der Waals surface area contributed by atoms with Gasteiger partial charge < -0.3 is 24.5 Å². The molecule has 198 valence electrons. The highest BCUT2D eigenvalue weighted by molar-refractivity contribution is 6.30. The molecule has 38 heavy (non-hydrogen) atoms. The van der Waals surface area contributed by atoms with E-state index in [1.807, 2.05) is 30.3 Å². The molecule has 0 saturated heterocycles. The molecule has 8 nitrogen and oxygen atoms in total. The third kappa shape index (κ3) is 6.23. The van der Waals surface area contributed by atoms with Gasteiger partial charge in [-0.25, -0.2) is 9.37 Å². The van der Waals surface area contributed by atoms with Crippen LogP contribution in [0.1, 0.15) is 35.1 Å². The average Bonchev–Trinajstić information content (AvgIpc) is 3.43. The normalized spacial score (nSPS) is 11.7. The molecule has 0 spiro atoms. The van der Waals surface area contributed by atoms with Crippen molar-refractivity contribution in [2.75, 3.05) is 27.4 Å². The van der Waals surface area contributed by atoms with E-state index >= 15 is 0 Å². The van der Waals surface area contributed by atoms with E-state index in [0.717, 1.165) is 16.3 Å². The lowest BCUT2D eigenvalue weighted by atomic mass is 10.0. The number of alkyl halides is 1. The highest BCUT2D eigenvalue weighted by atomic mass is 35.5. The molecule has 0 aliphatic carbocycles. The first-order valence-corrected chi connectivity index (χ1v) is 12.4. The zero-order chi connectivity index (χ0) is 27.1. The van der Waals surface area contributed by atoms with E-state index < -0.39 is 12.7 Å². The largest absolute Gasteiger partial charge is 0.496 e. The second kappa shape index (κ2) is 12.4.